The van der Waals surface area contributed by atoms with Crippen molar-refractivity contribution in [3.63, 3.8) is 0 Å². The van der Waals surface area contributed by atoms with Crippen molar-refractivity contribution in [2.45, 2.75) is 18.6 Å². The molecule has 0 bridgehead atoms. The number of benzene rings is 1. The summed E-state index contributed by atoms with van der Waals surface area (Å²) in [5, 5.41) is 8.96. The number of nitrogens with zero attached hydrogens (tertiary/aromatic N) is 4. The Labute approximate surface area is 181 Å². The summed E-state index contributed by atoms with van der Waals surface area (Å²) in [7, 11) is 1.47. The van der Waals surface area contributed by atoms with Gasteiger partial charge in [0, 0.05) is 39.6 Å². The molecule has 168 valence electrons. The number of aliphatic hydroxyl groups is 1. The van der Waals surface area contributed by atoms with E-state index in [9.17, 15) is 27.9 Å². The van der Waals surface area contributed by atoms with Crippen LogP contribution in [0, 0.1) is 11.7 Å². The zero-order valence-electron chi connectivity index (χ0n) is 16.6. The van der Waals surface area contributed by atoms with E-state index in [1.54, 1.807) is 11.0 Å². The van der Waals surface area contributed by atoms with Crippen LogP contribution in [0.4, 0.5) is 29.3 Å². The van der Waals surface area contributed by atoms with E-state index in [0.717, 1.165) is 0 Å². The Morgan fingerprint density at radius 1 is 1.29 bits per heavy atom. The lowest BCUT2D eigenvalue weighted by molar-refractivity contribution is -0.135. The van der Waals surface area contributed by atoms with E-state index in [0.29, 0.717) is 18.8 Å². The van der Waals surface area contributed by atoms with Crippen molar-refractivity contribution in [2.75, 3.05) is 49.6 Å². The van der Waals surface area contributed by atoms with Gasteiger partial charge in [0.05, 0.1) is 17.9 Å². The van der Waals surface area contributed by atoms with Gasteiger partial charge in [0.2, 0.25) is 5.91 Å². The standard InChI is InChI=1S/C19H21F3N4O4S/c1-23(18(29)31)15-10-26(17(28)30-15)11-2-3-14(13(20)8-11)24-4-6-25(7-5-24)16(27)12-9-19(12,21)22/h2-3,8,12,15H,4-7,9-10H2,1H3,(H,29,31). The van der Waals surface area contributed by atoms with Gasteiger partial charge in [0.1, 0.15) is 11.7 Å². The Bertz CT molecular complexity index is 925. The van der Waals surface area contributed by atoms with Gasteiger partial charge in [-0.3, -0.25) is 14.6 Å². The number of amides is 2. The maximum Gasteiger partial charge on any atom is 0.416 e. The van der Waals surface area contributed by atoms with Gasteiger partial charge >= 0.3 is 6.09 Å². The predicted molar refractivity (Wildman–Crippen MR) is 109 cm³/mol. The van der Waals surface area contributed by atoms with Gasteiger partial charge in [0.15, 0.2) is 6.23 Å². The minimum absolute atomic E-state index is 0.0570. The number of alkyl halides is 2. The first kappa shape index (κ1) is 21.5. The third-order valence-electron chi connectivity index (χ3n) is 5.83. The number of piperazine rings is 1. The molecule has 0 spiro atoms. The molecule has 2 atom stereocenters. The molecule has 1 aliphatic carbocycles. The van der Waals surface area contributed by atoms with Gasteiger partial charge in [-0.05, 0) is 30.4 Å². The number of ether oxygens (including phenoxy) is 1. The minimum Gasteiger partial charge on any atom is -0.486 e. The van der Waals surface area contributed by atoms with Gasteiger partial charge in [-0.1, -0.05) is 0 Å². The summed E-state index contributed by atoms with van der Waals surface area (Å²) in [5.41, 5.74) is 0.584. The van der Waals surface area contributed by atoms with Crippen LogP contribution in [0.2, 0.25) is 0 Å². The molecule has 31 heavy (non-hydrogen) atoms. The normalized spacial score (nSPS) is 24.8. The van der Waals surface area contributed by atoms with Crippen LogP contribution in [0.25, 0.3) is 0 Å². The highest BCUT2D eigenvalue weighted by molar-refractivity contribution is 7.79. The molecule has 3 fully saturated rings. The van der Waals surface area contributed by atoms with E-state index in [2.05, 4.69) is 12.2 Å². The second-order valence-corrected chi connectivity index (χ2v) is 8.17. The van der Waals surface area contributed by atoms with Crippen molar-refractivity contribution in [3.05, 3.63) is 24.0 Å². The van der Waals surface area contributed by atoms with E-state index >= 15 is 0 Å². The van der Waals surface area contributed by atoms with Crippen LogP contribution in [0.5, 0.6) is 0 Å². The Hall–Kier alpha value is -2.76. The van der Waals surface area contributed by atoms with Crippen LogP contribution >= 0.6 is 12.2 Å². The van der Waals surface area contributed by atoms with E-state index in [1.807, 2.05) is 0 Å². The van der Waals surface area contributed by atoms with Gasteiger partial charge in [-0.15, -0.1) is 0 Å². The molecule has 8 nitrogen and oxygen atoms in total. The molecule has 4 rings (SSSR count). The molecule has 2 aliphatic heterocycles. The lowest BCUT2D eigenvalue weighted by Gasteiger charge is -2.36. The highest BCUT2D eigenvalue weighted by Gasteiger charge is 2.62. The van der Waals surface area contributed by atoms with Gasteiger partial charge < -0.3 is 19.6 Å². The minimum atomic E-state index is -2.90. The average Bonchev–Trinajstić information content (AvgIpc) is 3.19. The first-order valence-corrected chi connectivity index (χ1v) is 10.1. The molecule has 1 aromatic carbocycles. The molecule has 1 saturated carbocycles. The monoisotopic (exact) mass is 458 g/mol. The maximum atomic E-state index is 14.8. The number of halogens is 3. The molecule has 1 N–H and O–H groups in total. The summed E-state index contributed by atoms with van der Waals surface area (Å²) in [6, 6.07) is 4.30. The van der Waals surface area contributed by atoms with Crippen LogP contribution in [-0.4, -0.2) is 84.0 Å². The number of rotatable bonds is 4. The maximum absolute atomic E-state index is 14.8. The van der Waals surface area contributed by atoms with Gasteiger partial charge in [-0.2, -0.15) is 0 Å². The topological polar surface area (TPSA) is 76.6 Å². The fraction of sp³-hybridized carbons (Fsp3) is 0.526. The van der Waals surface area contributed by atoms with Crippen molar-refractivity contribution >= 4 is 40.8 Å². The third kappa shape index (κ3) is 4.08. The number of carbonyl (C=O) groups excluding carboxylic acids is 2. The lowest BCUT2D eigenvalue weighted by atomic mass is 10.2. The summed E-state index contributed by atoms with van der Waals surface area (Å²) in [5.74, 6) is -5.23. The number of cyclic esters (lactones) is 1. The SMILES string of the molecule is CN(C(O)=S)C1CN(c2ccc(N3CCN(C(=O)C4CC4(F)F)CC3)c(F)c2)C(=O)O1. The predicted octanol–water partition coefficient (Wildman–Crippen LogP) is 2.19. The van der Waals surface area contributed by atoms with Gasteiger partial charge in [0.25, 0.3) is 11.1 Å². The summed E-state index contributed by atoms with van der Waals surface area (Å²) in [6.07, 6.45) is -1.89. The van der Waals surface area contributed by atoms with Gasteiger partial charge in [-0.25, -0.2) is 18.0 Å². The van der Waals surface area contributed by atoms with Crippen molar-refractivity contribution in [1.82, 2.24) is 9.80 Å². The second kappa shape index (κ2) is 7.74. The first-order chi connectivity index (χ1) is 14.6. The molecule has 2 heterocycles. The summed E-state index contributed by atoms with van der Waals surface area (Å²) >= 11 is 4.66. The summed E-state index contributed by atoms with van der Waals surface area (Å²) in [6.45, 7) is 1.15. The number of carbonyl (C=O) groups is 2. The zero-order valence-corrected chi connectivity index (χ0v) is 17.4. The highest BCUT2D eigenvalue weighted by Crippen LogP contribution is 2.49. The number of hydrogen-bond donors (Lipinski definition) is 1. The molecule has 12 heteroatoms. The smallest absolute Gasteiger partial charge is 0.416 e. The molecular formula is C19H21F3N4O4S. The number of aliphatic hydroxyl groups excluding tert-OH is 1. The molecule has 2 saturated heterocycles. The van der Waals surface area contributed by atoms with Crippen molar-refractivity contribution < 1.29 is 32.6 Å². The van der Waals surface area contributed by atoms with Crippen molar-refractivity contribution in [3.8, 4) is 0 Å². The Kier molecular flexibility index (Phi) is 5.36. The molecule has 1 aromatic rings. The van der Waals surface area contributed by atoms with Crippen molar-refractivity contribution in [1.29, 1.82) is 0 Å². The highest BCUT2D eigenvalue weighted by atomic mass is 32.1. The molecule has 2 unspecified atom stereocenters. The summed E-state index contributed by atoms with van der Waals surface area (Å²) in [4.78, 5) is 29.8. The zero-order chi connectivity index (χ0) is 22.5. The van der Waals surface area contributed by atoms with E-state index in [1.165, 1.54) is 33.9 Å². The number of likely N-dealkylation sites (N-methyl/N-ethyl adjacent to an activating group) is 1. The van der Waals surface area contributed by atoms with Crippen LogP contribution in [0.1, 0.15) is 6.42 Å². The first-order valence-electron chi connectivity index (χ1n) is 9.73. The van der Waals surface area contributed by atoms with E-state index in [-0.39, 0.29) is 25.3 Å². The molecule has 0 aromatic heterocycles. The quantitative estimate of drug-likeness (QED) is 0.694. The molecule has 3 aliphatic rings. The number of anilines is 2. The molecule has 2 amide bonds. The lowest BCUT2D eigenvalue weighted by Crippen LogP contribution is -2.49. The fourth-order valence-electron chi connectivity index (χ4n) is 3.77. The largest absolute Gasteiger partial charge is 0.486 e. The third-order valence-corrected chi connectivity index (χ3v) is 6.12. The number of hydrogen-bond acceptors (Lipinski definition) is 5. The van der Waals surface area contributed by atoms with Crippen LogP contribution in [0.15, 0.2) is 18.2 Å². The molecule has 0 radical (unpaired) electrons. The Morgan fingerprint density at radius 2 is 1.94 bits per heavy atom. The second-order valence-electron chi connectivity index (χ2n) is 7.81. The Morgan fingerprint density at radius 3 is 2.48 bits per heavy atom. The van der Waals surface area contributed by atoms with Crippen LogP contribution in [0.3, 0.4) is 0 Å². The van der Waals surface area contributed by atoms with Crippen LogP contribution in [-0.2, 0) is 9.53 Å². The van der Waals surface area contributed by atoms with Crippen molar-refractivity contribution in [2.24, 2.45) is 5.92 Å². The average molecular weight is 458 g/mol. The molecular weight excluding hydrogens is 437 g/mol. The van der Waals surface area contributed by atoms with E-state index < -0.39 is 47.5 Å². The summed E-state index contributed by atoms with van der Waals surface area (Å²) < 4.78 is 46.2. The fourth-order valence-corrected chi connectivity index (χ4v) is 3.89. The van der Waals surface area contributed by atoms with E-state index in [4.69, 9.17) is 4.74 Å². The Balaban J connectivity index is 1.39. The van der Waals surface area contributed by atoms with Crippen LogP contribution < -0.4 is 9.80 Å². The number of thiocarbonyl (C=S) groups is 1.